The van der Waals surface area contributed by atoms with Gasteiger partial charge in [-0.3, -0.25) is 0 Å². The SMILES string of the molecule is COC(=O)c1c(COC(=O)C=C(C)C)nc2ccccc2c1C. The summed E-state index contributed by atoms with van der Waals surface area (Å²) in [6.45, 7) is 5.36. The number of nitrogens with zero attached hydrogens (tertiary/aromatic N) is 1. The summed E-state index contributed by atoms with van der Waals surface area (Å²) >= 11 is 0. The molecule has 0 atom stereocenters. The van der Waals surface area contributed by atoms with Crippen molar-refractivity contribution in [3.63, 3.8) is 0 Å². The number of carbonyl (C=O) groups excluding carboxylic acids is 2. The van der Waals surface area contributed by atoms with E-state index in [1.54, 1.807) is 13.8 Å². The zero-order valence-corrected chi connectivity index (χ0v) is 13.7. The molecule has 5 nitrogen and oxygen atoms in total. The van der Waals surface area contributed by atoms with Crippen molar-refractivity contribution in [1.29, 1.82) is 0 Å². The highest BCUT2D eigenvalue weighted by atomic mass is 16.5. The number of rotatable bonds is 4. The van der Waals surface area contributed by atoms with Crippen LogP contribution < -0.4 is 0 Å². The van der Waals surface area contributed by atoms with Gasteiger partial charge in [-0.1, -0.05) is 23.8 Å². The molecular weight excluding hydrogens is 294 g/mol. The topological polar surface area (TPSA) is 65.5 Å². The molecular formula is C18H19NO4. The normalized spacial score (nSPS) is 10.3. The van der Waals surface area contributed by atoms with Crippen LogP contribution in [-0.4, -0.2) is 24.0 Å². The lowest BCUT2D eigenvalue weighted by Crippen LogP contribution is -2.13. The van der Waals surface area contributed by atoms with E-state index in [2.05, 4.69) is 4.98 Å². The van der Waals surface area contributed by atoms with Crippen LogP contribution in [0.4, 0.5) is 0 Å². The predicted molar refractivity (Wildman–Crippen MR) is 87.0 cm³/mol. The number of hydrogen-bond donors (Lipinski definition) is 0. The highest BCUT2D eigenvalue weighted by Gasteiger charge is 2.20. The van der Waals surface area contributed by atoms with Crippen LogP contribution in [0.15, 0.2) is 35.9 Å². The Hall–Kier alpha value is -2.69. The first kappa shape index (κ1) is 16.7. The van der Waals surface area contributed by atoms with Gasteiger partial charge in [0.1, 0.15) is 6.61 Å². The van der Waals surface area contributed by atoms with Crippen LogP contribution >= 0.6 is 0 Å². The maximum Gasteiger partial charge on any atom is 0.340 e. The lowest BCUT2D eigenvalue weighted by molar-refractivity contribution is -0.139. The van der Waals surface area contributed by atoms with Crippen LogP contribution in [0.1, 0.15) is 35.5 Å². The van der Waals surface area contributed by atoms with Crippen molar-refractivity contribution in [2.24, 2.45) is 0 Å². The molecule has 0 saturated heterocycles. The summed E-state index contributed by atoms with van der Waals surface area (Å²) in [5.74, 6) is -0.956. The Labute approximate surface area is 134 Å². The number of benzene rings is 1. The summed E-state index contributed by atoms with van der Waals surface area (Å²) in [7, 11) is 1.32. The monoisotopic (exact) mass is 313 g/mol. The molecule has 0 aliphatic carbocycles. The second-order valence-electron chi connectivity index (χ2n) is 5.40. The average Bonchev–Trinajstić information content (AvgIpc) is 2.52. The molecule has 1 heterocycles. The summed E-state index contributed by atoms with van der Waals surface area (Å²) in [5, 5.41) is 0.868. The van der Waals surface area contributed by atoms with Crippen molar-refractivity contribution in [1.82, 2.24) is 4.98 Å². The van der Waals surface area contributed by atoms with Crippen molar-refractivity contribution >= 4 is 22.8 Å². The molecule has 0 saturated carbocycles. The first-order chi connectivity index (χ1) is 10.9. The van der Waals surface area contributed by atoms with Crippen molar-refractivity contribution in [3.8, 4) is 0 Å². The van der Waals surface area contributed by atoms with Crippen molar-refractivity contribution in [2.75, 3.05) is 7.11 Å². The maximum atomic E-state index is 12.1. The molecule has 0 fully saturated rings. The van der Waals surface area contributed by atoms with Crippen LogP contribution in [-0.2, 0) is 20.9 Å². The maximum absolute atomic E-state index is 12.1. The summed E-state index contributed by atoms with van der Waals surface area (Å²) < 4.78 is 10.0. The third kappa shape index (κ3) is 3.74. The van der Waals surface area contributed by atoms with Crippen LogP contribution in [0.2, 0.25) is 0 Å². The molecule has 0 unspecified atom stereocenters. The quantitative estimate of drug-likeness (QED) is 0.640. The van der Waals surface area contributed by atoms with Gasteiger partial charge >= 0.3 is 11.9 Å². The van der Waals surface area contributed by atoms with Gasteiger partial charge in [0.2, 0.25) is 0 Å². The third-order valence-electron chi connectivity index (χ3n) is 3.37. The molecule has 23 heavy (non-hydrogen) atoms. The molecule has 0 amide bonds. The van der Waals surface area contributed by atoms with Gasteiger partial charge in [0.15, 0.2) is 0 Å². The van der Waals surface area contributed by atoms with E-state index in [0.717, 1.165) is 22.0 Å². The number of esters is 2. The molecule has 1 aromatic carbocycles. The highest BCUT2D eigenvalue weighted by Crippen LogP contribution is 2.24. The van der Waals surface area contributed by atoms with Crippen LogP contribution in [0.5, 0.6) is 0 Å². The minimum atomic E-state index is -0.492. The fraction of sp³-hybridized carbons (Fsp3) is 0.278. The summed E-state index contributed by atoms with van der Waals surface area (Å²) in [6.07, 6.45) is 1.39. The number of hydrogen-bond acceptors (Lipinski definition) is 5. The van der Waals surface area contributed by atoms with E-state index in [1.807, 2.05) is 31.2 Å². The molecule has 0 spiro atoms. The van der Waals surface area contributed by atoms with E-state index in [9.17, 15) is 9.59 Å². The average molecular weight is 313 g/mol. The Morgan fingerprint density at radius 1 is 1.22 bits per heavy atom. The number of pyridine rings is 1. The minimum Gasteiger partial charge on any atom is -0.465 e. The van der Waals surface area contributed by atoms with E-state index in [-0.39, 0.29) is 6.61 Å². The van der Waals surface area contributed by atoms with E-state index in [0.29, 0.717) is 11.3 Å². The molecule has 120 valence electrons. The van der Waals surface area contributed by atoms with Crippen molar-refractivity contribution < 1.29 is 19.1 Å². The van der Waals surface area contributed by atoms with Gasteiger partial charge in [-0.05, 0) is 32.4 Å². The van der Waals surface area contributed by atoms with Gasteiger partial charge in [-0.2, -0.15) is 0 Å². The first-order valence-corrected chi connectivity index (χ1v) is 7.22. The molecule has 5 heteroatoms. The summed E-state index contributed by atoms with van der Waals surface area (Å²) in [6, 6.07) is 7.49. The Balaban J connectivity index is 2.46. The summed E-state index contributed by atoms with van der Waals surface area (Å²) in [5.41, 5.74) is 3.08. The van der Waals surface area contributed by atoms with Crippen LogP contribution in [0.25, 0.3) is 10.9 Å². The van der Waals surface area contributed by atoms with Crippen LogP contribution in [0, 0.1) is 6.92 Å². The number of aryl methyl sites for hydroxylation is 1. The number of aromatic nitrogens is 1. The lowest BCUT2D eigenvalue weighted by Gasteiger charge is -2.13. The number of carbonyl (C=O) groups is 2. The molecule has 1 aromatic heterocycles. The third-order valence-corrected chi connectivity index (χ3v) is 3.37. The molecule has 0 aliphatic heterocycles. The van der Waals surface area contributed by atoms with Gasteiger partial charge in [0.25, 0.3) is 0 Å². The zero-order chi connectivity index (χ0) is 17.0. The number of ether oxygens (including phenoxy) is 2. The standard InChI is InChI=1S/C18H19NO4/c1-11(2)9-16(20)23-10-15-17(18(21)22-4)12(3)13-7-5-6-8-14(13)19-15/h5-9H,10H2,1-4H3. The number of allylic oxidation sites excluding steroid dienone is 1. The van der Waals surface area contributed by atoms with Crippen LogP contribution in [0.3, 0.4) is 0 Å². The fourth-order valence-electron chi connectivity index (χ4n) is 2.33. The van der Waals surface area contributed by atoms with E-state index in [1.165, 1.54) is 13.2 Å². The largest absolute Gasteiger partial charge is 0.465 e. The van der Waals surface area contributed by atoms with Gasteiger partial charge in [0.05, 0.1) is 23.9 Å². The van der Waals surface area contributed by atoms with E-state index < -0.39 is 11.9 Å². The molecule has 0 N–H and O–H groups in total. The Morgan fingerprint density at radius 3 is 2.57 bits per heavy atom. The fourth-order valence-corrected chi connectivity index (χ4v) is 2.33. The Kier molecular flexibility index (Phi) is 5.11. The molecule has 0 radical (unpaired) electrons. The smallest absolute Gasteiger partial charge is 0.340 e. The molecule has 0 bridgehead atoms. The van der Waals surface area contributed by atoms with Gasteiger partial charge in [-0.25, -0.2) is 14.6 Å². The lowest BCUT2D eigenvalue weighted by atomic mass is 10.0. The number of para-hydroxylation sites is 1. The van der Waals surface area contributed by atoms with Gasteiger partial charge < -0.3 is 9.47 Å². The van der Waals surface area contributed by atoms with Gasteiger partial charge in [-0.15, -0.1) is 0 Å². The first-order valence-electron chi connectivity index (χ1n) is 7.22. The number of fused-ring (bicyclic) bond motifs is 1. The predicted octanol–water partition coefficient (Wildman–Crippen LogP) is 3.34. The van der Waals surface area contributed by atoms with Crippen molar-refractivity contribution in [2.45, 2.75) is 27.4 Å². The Morgan fingerprint density at radius 2 is 1.91 bits per heavy atom. The van der Waals surface area contributed by atoms with E-state index >= 15 is 0 Å². The van der Waals surface area contributed by atoms with Gasteiger partial charge in [0, 0.05) is 11.5 Å². The molecule has 0 aliphatic rings. The summed E-state index contributed by atoms with van der Waals surface area (Å²) in [4.78, 5) is 28.2. The minimum absolute atomic E-state index is 0.0846. The highest BCUT2D eigenvalue weighted by molar-refractivity contribution is 5.98. The molecule has 2 rings (SSSR count). The van der Waals surface area contributed by atoms with Crippen molar-refractivity contribution in [3.05, 3.63) is 52.7 Å². The zero-order valence-electron chi connectivity index (χ0n) is 13.7. The Bertz CT molecular complexity index is 789. The number of methoxy groups -OCH3 is 1. The molecule has 2 aromatic rings. The second kappa shape index (κ2) is 7.05. The van der Waals surface area contributed by atoms with E-state index in [4.69, 9.17) is 9.47 Å². The second-order valence-corrected chi connectivity index (χ2v) is 5.40.